The average molecular weight is 461 g/mol. The molecule has 1 aromatic carbocycles. The van der Waals surface area contributed by atoms with E-state index in [1.807, 2.05) is 25.7 Å². The molecule has 1 amide bonds. The van der Waals surface area contributed by atoms with Crippen molar-refractivity contribution < 1.29 is 27.6 Å². The lowest BCUT2D eigenvalue weighted by Gasteiger charge is -2.39. The Bertz CT molecular complexity index is 1010. The van der Waals surface area contributed by atoms with Gasteiger partial charge in [0.2, 0.25) is 0 Å². The van der Waals surface area contributed by atoms with Crippen molar-refractivity contribution in [1.29, 1.82) is 0 Å². The van der Waals surface area contributed by atoms with E-state index in [4.69, 9.17) is 14.0 Å². The molecule has 33 heavy (non-hydrogen) atoms. The third kappa shape index (κ3) is 4.50. The second-order valence-electron chi connectivity index (χ2n) is 10.4. The van der Waals surface area contributed by atoms with E-state index in [0.717, 1.165) is 25.7 Å². The van der Waals surface area contributed by atoms with Crippen molar-refractivity contribution >= 4 is 6.09 Å². The van der Waals surface area contributed by atoms with Crippen LogP contribution >= 0.6 is 0 Å². The zero-order valence-electron chi connectivity index (χ0n) is 19.3. The van der Waals surface area contributed by atoms with Gasteiger partial charge in [-0.1, -0.05) is 11.2 Å². The smallest absolute Gasteiger partial charge is 0.410 e. The third-order valence-corrected chi connectivity index (χ3v) is 6.72. The summed E-state index contributed by atoms with van der Waals surface area (Å²) in [5.74, 6) is -0.446. The summed E-state index contributed by atoms with van der Waals surface area (Å²) in [6, 6.07) is 3.94. The fraction of sp³-hybridized carbons (Fsp3) is 0.600. The first-order valence-corrected chi connectivity index (χ1v) is 11.8. The number of carbonyl (C=O) groups excluding carboxylic acids is 1. The van der Waals surface area contributed by atoms with Gasteiger partial charge in [-0.2, -0.15) is 0 Å². The monoisotopic (exact) mass is 460 g/mol. The Labute approximate surface area is 192 Å². The quantitative estimate of drug-likeness (QED) is 0.552. The van der Waals surface area contributed by atoms with Gasteiger partial charge >= 0.3 is 6.09 Å². The van der Waals surface area contributed by atoms with Gasteiger partial charge in [-0.3, -0.25) is 0 Å². The molecule has 178 valence electrons. The predicted molar refractivity (Wildman–Crippen MR) is 117 cm³/mol. The Hall–Kier alpha value is -2.48. The second-order valence-corrected chi connectivity index (χ2v) is 10.4. The summed E-state index contributed by atoms with van der Waals surface area (Å²) in [7, 11) is 0. The topological polar surface area (TPSA) is 64.8 Å². The minimum Gasteiger partial charge on any atom is -0.444 e. The molecule has 1 aromatic heterocycles. The second kappa shape index (κ2) is 8.38. The Kier molecular flexibility index (Phi) is 5.67. The van der Waals surface area contributed by atoms with Crippen molar-refractivity contribution in [1.82, 2.24) is 10.1 Å². The minimum atomic E-state index is -0.671. The number of halogens is 2. The molecule has 8 heteroatoms. The van der Waals surface area contributed by atoms with E-state index >= 15 is 0 Å². The molecule has 5 rings (SSSR count). The SMILES string of the molecule is CC(C)(C)OC(=O)N1[C@@H]2CC[C@H]1CC(OCc1c(-c3c(F)cccc3F)noc1C1CC1)C2. The summed E-state index contributed by atoms with van der Waals surface area (Å²) in [6.07, 6.45) is 4.90. The molecular formula is C25H30F2N2O4. The number of amides is 1. The first kappa shape index (κ1) is 22.3. The summed E-state index contributed by atoms with van der Waals surface area (Å²) in [5.41, 5.74) is 0.104. The molecule has 0 N–H and O–H groups in total. The van der Waals surface area contributed by atoms with Crippen LogP contribution in [0.5, 0.6) is 0 Å². The number of carbonyl (C=O) groups is 1. The van der Waals surface area contributed by atoms with Crippen molar-refractivity contribution in [2.45, 2.75) is 95.6 Å². The Morgan fingerprint density at radius 1 is 1.12 bits per heavy atom. The van der Waals surface area contributed by atoms with Crippen LogP contribution in [0.2, 0.25) is 0 Å². The Morgan fingerprint density at radius 3 is 2.33 bits per heavy atom. The number of hydrogen-bond acceptors (Lipinski definition) is 5. The lowest BCUT2D eigenvalue weighted by molar-refractivity contribution is -0.0398. The van der Waals surface area contributed by atoms with E-state index in [1.54, 1.807) is 0 Å². The number of ether oxygens (including phenoxy) is 2. The highest BCUT2D eigenvalue weighted by atomic mass is 19.1. The summed E-state index contributed by atoms with van der Waals surface area (Å²) in [6.45, 7) is 5.79. The number of hydrogen-bond donors (Lipinski definition) is 0. The summed E-state index contributed by atoms with van der Waals surface area (Å²) >= 11 is 0. The van der Waals surface area contributed by atoms with E-state index in [2.05, 4.69) is 5.16 Å². The lowest BCUT2D eigenvalue weighted by Crippen LogP contribution is -2.50. The highest BCUT2D eigenvalue weighted by Gasteiger charge is 2.45. The van der Waals surface area contributed by atoms with Crippen LogP contribution in [0.1, 0.15) is 76.5 Å². The van der Waals surface area contributed by atoms with Crippen molar-refractivity contribution in [2.75, 3.05) is 0 Å². The van der Waals surface area contributed by atoms with Gasteiger partial charge in [-0.25, -0.2) is 13.6 Å². The number of rotatable bonds is 5. The zero-order valence-corrected chi connectivity index (χ0v) is 19.3. The van der Waals surface area contributed by atoms with Crippen LogP contribution in [0.15, 0.2) is 22.7 Å². The normalized spacial score (nSPS) is 24.9. The summed E-state index contributed by atoms with van der Waals surface area (Å²) in [5, 5.41) is 4.04. The zero-order chi connectivity index (χ0) is 23.3. The summed E-state index contributed by atoms with van der Waals surface area (Å²) < 4.78 is 46.4. The van der Waals surface area contributed by atoms with Crippen LogP contribution in [-0.4, -0.2) is 39.9 Å². The average Bonchev–Trinajstić information content (AvgIpc) is 3.43. The number of aromatic nitrogens is 1. The van der Waals surface area contributed by atoms with Crippen LogP contribution in [0.3, 0.4) is 0 Å². The highest BCUT2D eigenvalue weighted by molar-refractivity contribution is 5.69. The number of benzene rings is 1. The van der Waals surface area contributed by atoms with Gasteiger partial charge in [0, 0.05) is 23.6 Å². The largest absolute Gasteiger partial charge is 0.444 e. The fourth-order valence-corrected chi connectivity index (χ4v) is 5.13. The molecule has 0 radical (unpaired) electrons. The van der Waals surface area contributed by atoms with E-state index in [-0.39, 0.29) is 48.1 Å². The van der Waals surface area contributed by atoms with Crippen LogP contribution in [-0.2, 0) is 16.1 Å². The molecule has 2 saturated heterocycles. The molecule has 0 spiro atoms. The van der Waals surface area contributed by atoms with Gasteiger partial charge in [0.05, 0.1) is 18.3 Å². The van der Waals surface area contributed by atoms with Crippen molar-refractivity contribution in [3.05, 3.63) is 41.2 Å². The molecule has 1 saturated carbocycles. The van der Waals surface area contributed by atoms with Gasteiger partial charge < -0.3 is 18.9 Å². The van der Waals surface area contributed by atoms with Crippen LogP contribution < -0.4 is 0 Å². The number of fused-ring (bicyclic) bond motifs is 2. The molecule has 3 heterocycles. The molecule has 6 nitrogen and oxygen atoms in total. The van der Waals surface area contributed by atoms with E-state index < -0.39 is 17.2 Å². The van der Waals surface area contributed by atoms with Crippen molar-refractivity contribution in [3.63, 3.8) is 0 Å². The van der Waals surface area contributed by atoms with Gasteiger partial charge in [0.1, 0.15) is 28.7 Å². The van der Waals surface area contributed by atoms with Gasteiger partial charge in [0.15, 0.2) is 0 Å². The lowest BCUT2D eigenvalue weighted by atomic mass is 9.99. The minimum absolute atomic E-state index is 0.0542. The molecule has 2 bridgehead atoms. The summed E-state index contributed by atoms with van der Waals surface area (Å²) in [4.78, 5) is 14.6. The number of piperidine rings is 1. The molecular weight excluding hydrogens is 430 g/mol. The Balaban J connectivity index is 1.31. The Morgan fingerprint density at radius 2 is 1.76 bits per heavy atom. The van der Waals surface area contributed by atoms with Crippen molar-refractivity contribution in [3.8, 4) is 11.3 Å². The molecule has 3 aliphatic rings. The van der Waals surface area contributed by atoms with Crippen LogP contribution in [0.4, 0.5) is 13.6 Å². The third-order valence-electron chi connectivity index (χ3n) is 6.72. The maximum Gasteiger partial charge on any atom is 0.410 e. The fourth-order valence-electron chi connectivity index (χ4n) is 5.13. The van der Waals surface area contributed by atoms with Gasteiger partial charge in [0.25, 0.3) is 0 Å². The van der Waals surface area contributed by atoms with Gasteiger partial charge in [-0.15, -0.1) is 0 Å². The van der Waals surface area contributed by atoms with Crippen LogP contribution in [0, 0.1) is 11.6 Å². The maximum atomic E-state index is 14.5. The molecule has 2 aromatic rings. The molecule has 3 atom stereocenters. The first-order valence-electron chi connectivity index (χ1n) is 11.8. The van der Waals surface area contributed by atoms with Crippen molar-refractivity contribution in [2.24, 2.45) is 0 Å². The molecule has 2 aliphatic heterocycles. The van der Waals surface area contributed by atoms with E-state index in [0.29, 0.717) is 24.2 Å². The molecule has 3 fully saturated rings. The van der Waals surface area contributed by atoms with Crippen LogP contribution in [0.25, 0.3) is 11.3 Å². The molecule has 1 aliphatic carbocycles. The van der Waals surface area contributed by atoms with Gasteiger partial charge in [-0.05, 0) is 71.4 Å². The van der Waals surface area contributed by atoms with E-state index in [9.17, 15) is 13.6 Å². The maximum absolute atomic E-state index is 14.5. The number of nitrogens with zero attached hydrogens (tertiary/aromatic N) is 2. The highest BCUT2D eigenvalue weighted by Crippen LogP contribution is 2.45. The van der Waals surface area contributed by atoms with E-state index in [1.165, 1.54) is 18.2 Å². The standard InChI is InChI=1S/C25H30F2N2O4/c1-25(2,3)32-24(30)29-15-9-10-16(29)12-17(11-15)31-13-18-22(28-33-23(18)14-7-8-14)21-19(26)5-4-6-20(21)27/h4-6,14-17H,7-13H2,1-3H3/t15-,16+,17?. The predicted octanol–water partition coefficient (Wildman–Crippen LogP) is 5.94. The first-order chi connectivity index (χ1) is 15.7. The molecule has 1 unspecified atom stereocenters.